The van der Waals surface area contributed by atoms with E-state index in [4.69, 9.17) is 0 Å². The molecule has 0 fully saturated rings. The summed E-state index contributed by atoms with van der Waals surface area (Å²) in [4.78, 5) is 4.01. The van der Waals surface area contributed by atoms with Crippen molar-refractivity contribution in [3.05, 3.63) is 54.3 Å². The fraction of sp³-hybridized carbons (Fsp3) is 0. The Balaban J connectivity index is 0.000000144. The van der Waals surface area contributed by atoms with E-state index >= 15 is 0 Å². The number of fused-ring (bicyclic) bond motifs is 1. The SMILES string of the molecule is C1=CSSN1.c1ccc2cnccc2c1. The van der Waals surface area contributed by atoms with E-state index in [2.05, 4.69) is 21.8 Å². The number of aromatic nitrogens is 1. The van der Waals surface area contributed by atoms with Crippen LogP contribution < -0.4 is 4.72 Å². The second-order valence-corrected chi connectivity index (χ2v) is 4.77. The Hall–Kier alpha value is -1.13. The van der Waals surface area contributed by atoms with E-state index in [1.54, 1.807) is 21.8 Å². The van der Waals surface area contributed by atoms with E-state index in [1.165, 1.54) is 10.8 Å². The lowest BCUT2D eigenvalue weighted by Crippen LogP contribution is -1.76. The predicted molar refractivity (Wildman–Crippen MR) is 69.2 cm³/mol. The number of pyridine rings is 1. The molecule has 0 atom stereocenters. The van der Waals surface area contributed by atoms with Gasteiger partial charge in [-0.3, -0.25) is 4.98 Å². The Morgan fingerprint density at radius 1 is 1.07 bits per heavy atom. The van der Waals surface area contributed by atoms with E-state index in [9.17, 15) is 0 Å². The zero-order chi connectivity index (χ0) is 10.3. The van der Waals surface area contributed by atoms with Gasteiger partial charge >= 0.3 is 0 Å². The second-order valence-electron chi connectivity index (χ2n) is 2.82. The normalized spacial score (nSPS) is 13.1. The summed E-state index contributed by atoms with van der Waals surface area (Å²) in [7, 11) is 3.33. The van der Waals surface area contributed by atoms with Gasteiger partial charge in [-0.15, -0.1) is 0 Å². The molecule has 0 saturated heterocycles. The van der Waals surface area contributed by atoms with Crippen molar-refractivity contribution in [1.29, 1.82) is 0 Å². The largest absolute Gasteiger partial charge is 0.327 e. The minimum Gasteiger partial charge on any atom is -0.327 e. The summed E-state index contributed by atoms with van der Waals surface area (Å²) in [5.41, 5.74) is 0. The van der Waals surface area contributed by atoms with E-state index in [0.29, 0.717) is 0 Å². The molecule has 1 aliphatic rings. The molecule has 0 radical (unpaired) electrons. The Kier molecular flexibility index (Phi) is 3.93. The van der Waals surface area contributed by atoms with E-state index in [1.807, 2.05) is 42.2 Å². The summed E-state index contributed by atoms with van der Waals surface area (Å²) < 4.78 is 2.92. The van der Waals surface area contributed by atoms with Crippen LogP contribution in [0.5, 0.6) is 0 Å². The van der Waals surface area contributed by atoms with Crippen LogP contribution in [0.3, 0.4) is 0 Å². The standard InChI is InChI=1S/C9H7N.C2H3NS2/c1-2-4-9-7-10-6-5-8(9)3-1;1-2-4-5-3-1/h1-7H;1-3H. The van der Waals surface area contributed by atoms with E-state index in [0.717, 1.165) is 0 Å². The Morgan fingerprint density at radius 3 is 2.53 bits per heavy atom. The number of hydrogen-bond donors (Lipinski definition) is 1. The first-order valence-electron chi connectivity index (χ1n) is 4.48. The van der Waals surface area contributed by atoms with Gasteiger partial charge in [0.15, 0.2) is 0 Å². The molecule has 3 rings (SSSR count). The molecule has 76 valence electrons. The van der Waals surface area contributed by atoms with Crippen molar-refractivity contribution in [3.63, 3.8) is 0 Å². The molecule has 1 aliphatic heterocycles. The van der Waals surface area contributed by atoms with Crippen LogP contribution in [0.2, 0.25) is 0 Å². The maximum atomic E-state index is 4.01. The van der Waals surface area contributed by atoms with Gasteiger partial charge in [0.1, 0.15) is 0 Å². The summed E-state index contributed by atoms with van der Waals surface area (Å²) in [6, 6.07) is 10.2. The number of hydrogen-bond acceptors (Lipinski definition) is 4. The molecule has 2 nitrogen and oxygen atoms in total. The summed E-state index contributed by atoms with van der Waals surface area (Å²) >= 11 is 0. The zero-order valence-corrected chi connectivity index (χ0v) is 9.59. The van der Waals surface area contributed by atoms with Gasteiger partial charge < -0.3 is 4.72 Å². The third-order valence-corrected chi connectivity index (χ3v) is 3.32. The highest BCUT2D eigenvalue weighted by Crippen LogP contribution is 2.22. The van der Waals surface area contributed by atoms with Gasteiger partial charge in [-0.1, -0.05) is 24.3 Å². The molecule has 0 saturated carbocycles. The number of rotatable bonds is 0. The molecular formula is C11H10N2S2. The van der Waals surface area contributed by atoms with Crippen LogP contribution in [0.25, 0.3) is 10.8 Å². The second kappa shape index (κ2) is 5.68. The van der Waals surface area contributed by atoms with E-state index < -0.39 is 0 Å². The molecule has 2 heterocycles. The van der Waals surface area contributed by atoms with Gasteiger partial charge in [-0.2, -0.15) is 0 Å². The molecular weight excluding hydrogens is 224 g/mol. The molecule has 1 aromatic heterocycles. The van der Waals surface area contributed by atoms with Crippen molar-refractivity contribution >= 4 is 32.5 Å². The number of benzene rings is 1. The zero-order valence-electron chi connectivity index (χ0n) is 7.96. The van der Waals surface area contributed by atoms with Crippen molar-refractivity contribution in [2.75, 3.05) is 0 Å². The molecule has 15 heavy (non-hydrogen) atoms. The number of nitrogens with one attached hydrogen (secondary N) is 1. The molecule has 4 heteroatoms. The van der Waals surface area contributed by atoms with Gasteiger partial charge in [-0.25, -0.2) is 0 Å². The first kappa shape index (κ1) is 10.4. The lowest BCUT2D eigenvalue weighted by molar-refractivity contribution is 1.36. The van der Waals surface area contributed by atoms with Gasteiger partial charge in [0.2, 0.25) is 0 Å². The highest BCUT2D eigenvalue weighted by atomic mass is 33.1. The molecule has 2 aromatic rings. The molecule has 0 amide bonds. The van der Waals surface area contributed by atoms with Crippen LogP contribution in [-0.4, -0.2) is 4.98 Å². The first-order valence-corrected chi connectivity index (χ1v) is 6.70. The van der Waals surface area contributed by atoms with E-state index in [-0.39, 0.29) is 0 Å². The minimum absolute atomic E-state index is 1.20. The Morgan fingerprint density at radius 2 is 1.93 bits per heavy atom. The first-order chi connectivity index (χ1) is 7.47. The topological polar surface area (TPSA) is 24.9 Å². The third-order valence-electron chi connectivity index (χ3n) is 1.84. The monoisotopic (exact) mass is 234 g/mol. The summed E-state index contributed by atoms with van der Waals surface area (Å²) in [5.74, 6) is 0. The maximum absolute atomic E-state index is 4.01. The quantitative estimate of drug-likeness (QED) is 0.556. The average Bonchev–Trinajstić information content (AvgIpc) is 2.88. The molecule has 0 aliphatic carbocycles. The fourth-order valence-corrected chi connectivity index (χ4v) is 2.28. The van der Waals surface area contributed by atoms with Crippen molar-refractivity contribution in [2.45, 2.75) is 0 Å². The molecule has 0 unspecified atom stereocenters. The molecule has 1 aromatic carbocycles. The lowest BCUT2D eigenvalue weighted by atomic mass is 10.2. The maximum Gasteiger partial charge on any atom is 0.0346 e. The smallest absolute Gasteiger partial charge is 0.0346 e. The van der Waals surface area contributed by atoms with Gasteiger partial charge in [0.05, 0.1) is 0 Å². The van der Waals surface area contributed by atoms with Crippen LogP contribution in [0.15, 0.2) is 54.3 Å². The lowest BCUT2D eigenvalue weighted by Gasteiger charge is -1.91. The molecule has 0 spiro atoms. The van der Waals surface area contributed by atoms with Gasteiger partial charge in [-0.05, 0) is 27.6 Å². The van der Waals surface area contributed by atoms with Gasteiger partial charge in [0.25, 0.3) is 0 Å². The van der Waals surface area contributed by atoms with Crippen molar-refractivity contribution in [3.8, 4) is 0 Å². The third kappa shape index (κ3) is 3.18. The predicted octanol–water partition coefficient (Wildman–Crippen LogP) is 3.59. The Labute approximate surface area is 96.7 Å². The van der Waals surface area contributed by atoms with Crippen molar-refractivity contribution < 1.29 is 0 Å². The fourth-order valence-electron chi connectivity index (χ4n) is 1.17. The highest BCUT2D eigenvalue weighted by Gasteiger charge is 1.86. The average molecular weight is 234 g/mol. The van der Waals surface area contributed by atoms with Crippen LogP contribution in [0.4, 0.5) is 0 Å². The van der Waals surface area contributed by atoms with Crippen molar-refractivity contribution in [1.82, 2.24) is 9.71 Å². The highest BCUT2D eigenvalue weighted by molar-refractivity contribution is 8.77. The summed E-state index contributed by atoms with van der Waals surface area (Å²) in [6.07, 6.45) is 5.59. The Bertz CT molecular complexity index is 386. The van der Waals surface area contributed by atoms with Crippen LogP contribution in [-0.2, 0) is 0 Å². The van der Waals surface area contributed by atoms with Crippen LogP contribution >= 0.6 is 21.8 Å². The number of nitrogens with zero attached hydrogens (tertiary/aromatic N) is 1. The minimum atomic E-state index is 1.20. The molecule has 0 bridgehead atoms. The van der Waals surface area contributed by atoms with Crippen LogP contribution in [0.1, 0.15) is 0 Å². The summed E-state index contributed by atoms with van der Waals surface area (Å²) in [6.45, 7) is 0. The summed E-state index contributed by atoms with van der Waals surface area (Å²) in [5, 5.41) is 4.45. The molecule has 1 N–H and O–H groups in total. The van der Waals surface area contributed by atoms with Crippen LogP contribution in [0, 0.1) is 0 Å². The van der Waals surface area contributed by atoms with Crippen molar-refractivity contribution in [2.24, 2.45) is 0 Å². The van der Waals surface area contributed by atoms with Gasteiger partial charge in [0, 0.05) is 35.0 Å².